The topological polar surface area (TPSA) is 89.5 Å². The van der Waals surface area contributed by atoms with Gasteiger partial charge in [0.1, 0.15) is 51.1 Å². The van der Waals surface area contributed by atoms with Gasteiger partial charge in [-0.1, -0.05) is 25.3 Å². The van der Waals surface area contributed by atoms with Crippen LogP contribution in [-0.2, 0) is 31.8 Å². The fourth-order valence-corrected chi connectivity index (χ4v) is 6.18. The van der Waals surface area contributed by atoms with Gasteiger partial charge in [0.15, 0.2) is 0 Å². The molecular formula is C27H28Br4O8. The standard InChI is InChI=1S/C27H28Br4O8/c1-3-8-36-26(32)38-12-10-34-24-20(28)14-18(15-21(24)29)6-5-7-19-16-22(30)25(23(31)17-19)35-11-13-39-27(33)37-9-4-2/h3-4,14-17H,1-2,5-13H2. The van der Waals surface area contributed by atoms with Crippen molar-refractivity contribution in [3.63, 3.8) is 0 Å². The Labute approximate surface area is 261 Å². The lowest BCUT2D eigenvalue weighted by Crippen LogP contribution is -2.13. The van der Waals surface area contributed by atoms with E-state index >= 15 is 0 Å². The van der Waals surface area contributed by atoms with E-state index in [4.69, 9.17) is 28.4 Å². The van der Waals surface area contributed by atoms with Crippen molar-refractivity contribution in [2.45, 2.75) is 19.3 Å². The molecule has 0 N–H and O–H groups in total. The average molecular weight is 800 g/mol. The van der Waals surface area contributed by atoms with E-state index in [-0.39, 0.29) is 39.6 Å². The maximum absolute atomic E-state index is 11.4. The van der Waals surface area contributed by atoms with Gasteiger partial charge in [-0.3, -0.25) is 0 Å². The molecule has 8 nitrogen and oxygen atoms in total. The fraction of sp³-hybridized carbons (Fsp3) is 0.333. The number of benzene rings is 2. The molecule has 0 aliphatic rings. The minimum atomic E-state index is -0.762. The van der Waals surface area contributed by atoms with Gasteiger partial charge in [-0.2, -0.15) is 0 Å². The summed E-state index contributed by atoms with van der Waals surface area (Å²) in [5, 5.41) is 0. The first-order chi connectivity index (χ1) is 18.7. The molecule has 0 saturated heterocycles. The van der Waals surface area contributed by atoms with Crippen molar-refractivity contribution in [1.82, 2.24) is 0 Å². The van der Waals surface area contributed by atoms with E-state index in [2.05, 4.69) is 76.9 Å². The van der Waals surface area contributed by atoms with Gasteiger partial charge in [0.2, 0.25) is 0 Å². The summed E-state index contributed by atoms with van der Waals surface area (Å²) >= 11 is 14.2. The maximum Gasteiger partial charge on any atom is 0.508 e. The Morgan fingerprint density at radius 1 is 0.615 bits per heavy atom. The summed E-state index contributed by atoms with van der Waals surface area (Å²) in [6, 6.07) is 8.04. The van der Waals surface area contributed by atoms with E-state index in [0.29, 0.717) is 11.5 Å². The molecule has 0 amide bonds. The predicted octanol–water partition coefficient (Wildman–Crippen LogP) is 8.35. The van der Waals surface area contributed by atoms with Crippen LogP contribution in [0.3, 0.4) is 0 Å². The number of carbonyl (C=O) groups is 2. The van der Waals surface area contributed by atoms with Crippen LogP contribution in [0.5, 0.6) is 11.5 Å². The van der Waals surface area contributed by atoms with Gasteiger partial charge in [0.05, 0.1) is 17.9 Å². The summed E-state index contributed by atoms with van der Waals surface area (Å²) < 4.78 is 34.0. The highest BCUT2D eigenvalue weighted by Crippen LogP contribution is 2.37. The second-order valence-corrected chi connectivity index (χ2v) is 11.1. The molecular weight excluding hydrogens is 772 g/mol. The number of hydrogen-bond donors (Lipinski definition) is 0. The van der Waals surface area contributed by atoms with Crippen molar-refractivity contribution >= 4 is 76.0 Å². The van der Waals surface area contributed by atoms with Crippen LogP contribution < -0.4 is 9.47 Å². The monoisotopic (exact) mass is 796 g/mol. The lowest BCUT2D eigenvalue weighted by Gasteiger charge is -2.14. The van der Waals surface area contributed by atoms with Gasteiger partial charge in [-0.25, -0.2) is 9.59 Å². The van der Waals surface area contributed by atoms with Crippen LogP contribution in [0.4, 0.5) is 9.59 Å². The molecule has 0 aliphatic carbocycles. The van der Waals surface area contributed by atoms with E-state index in [0.717, 1.165) is 48.3 Å². The number of rotatable bonds is 16. The number of ether oxygens (including phenoxy) is 6. The Morgan fingerprint density at radius 3 is 1.31 bits per heavy atom. The van der Waals surface area contributed by atoms with Crippen LogP contribution in [-0.4, -0.2) is 52.0 Å². The van der Waals surface area contributed by atoms with E-state index < -0.39 is 12.3 Å². The number of hydrogen-bond acceptors (Lipinski definition) is 8. The Bertz CT molecular complexity index is 1010. The molecule has 12 heteroatoms. The zero-order valence-electron chi connectivity index (χ0n) is 21.0. The molecule has 0 spiro atoms. The lowest BCUT2D eigenvalue weighted by atomic mass is 10.0. The SMILES string of the molecule is C=CCOC(=O)OCCOc1c(Br)cc(CCCc2cc(Br)c(OCCOC(=O)OCC=C)c(Br)c2)cc1Br. The smallest absolute Gasteiger partial charge is 0.488 e. The highest BCUT2D eigenvalue weighted by Gasteiger charge is 2.12. The van der Waals surface area contributed by atoms with Gasteiger partial charge in [-0.05, 0) is 118 Å². The summed E-state index contributed by atoms with van der Waals surface area (Å²) in [5.74, 6) is 1.26. The minimum Gasteiger partial charge on any atom is -0.488 e. The first-order valence-electron chi connectivity index (χ1n) is 11.8. The van der Waals surface area contributed by atoms with E-state index in [1.807, 2.05) is 24.3 Å². The van der Waals surface area contributed by atoms with Crippen molar-refractivity contribution in [1.29, 1.82) is 0 Å². The molecule has 2 rings (SSSR count). The third kappa shape index (κ3) is 12.4. The van der Waals surface area contributed by atoms with Crippen molar-refractivity contribution < 1.29 is 38.0 Å². The summed E-state index contributed by atoms with van der Waals surface area (Å²) in [6.07, 6.45) is 4.02. The van der Waals surface area contributed by atoms with Gasteiger partial charge < -0.3 is 28.4 Å². The quantitative estimate of drug-likeness (QED) is 0.0952. The van der Waals surface area contributed by atoms with Crippen LogP contribution in [0, 0.1) is 0 Å². The Balaban J connectivity index is 1.81. The molecule has 0 saturated carbocycles. The first kappa shape index (κ1) is 33.2. The van der Waals surface area contributed by atoms with E-state index in [1.165, 1.54) is 12.2 Å². The molecule has 0 atom stereocenters. The molecule has 0 bridgehead atoms. The molecule has 0 aliphatic heterocycles. The summed E-state index contributed by atoms with van der Waals surface area (Å²) in [6.45, 7) is 7.61. The van der Waals surface area contributed by atoms with Gasteiger partial charge in [0, 0.05) is 0 Å². The lowest BCUT2D eigenvalue weighted by molar-refractivity contribution is 0.0524. The zero-order chi connectivity index (χ0) is 28.6. The van der Waals surface area contributed by atoms with E-state index in [1.54, 1.807) is 0 Å². The predicted molar refractivity (Wildman–Crippen MR) is 162 cm³/mol. The van der Waals surface area contributed by atoms with Crippen LogP contribution in [0.1, 0.15) is 17.5 Å². The average Bonchev–Trinajstić information content (AvgIpc) is 2.89. The highest BCUT2D eigenvalue weighted by atomic mass is 79.9. The van der Waals surface area contributed by atoms with Crippen LogP contribution in [0.2, 0.25) is 0 Å². The Kier molecular flexibility index (Phi) is 15.6. The molecule has 0 fully saturated rings. The van der Waals surface area contributed by atoms with Crippen molar-refractivity contribution in [3.05, 3.63) is 78.6 Å². The van der Waals surface area contributed by atoms with Gasteiger partial charge >= 0.3 is 12.3 Å². The second kappa shape index (κ2) is 18.4. The Hall–Kier alpha value is -2.02. The van der Waals surface area contributed by atoms with Crippen LogP contribution in [0.25, 0.3) is 0 Å². The fourth-order valence-electron chi connectivity index (χ4n) is 3.16. The molecule has 2 aromatic rings. The third-order valence-electron chi connectivity index (χ3n) is 4.78. The molecule has 39 heavy (non-hydrogen) atoms. The van der Waals surface area contributed by atoms with Gasteiger partial charge in [0.25, 0.3) is 0 Å². The van der Waals surface area contributed by atoms with Crippen LogP contribution >= 0.6 is 63.7 Å². The van der Waals surface area contributed by atoms with Crippen molar-refractivity contribution in [2.75, 3.05) is 39.6 Å². The molecule has 2 aromatic carbocycles. The normalized spacial score (nSPS) is 10.4. The molecule has 212 valence electrons. The molecule has 0 heterocycles. The largest absolute Gasteiger partial charge is 0.508 e. The molecule has 0 unspecified atom stereocenters. The summed E-state index contributed by atoms with van der Waals surface area (Å²) in [5.41, 5.74) is 2.27. The number of halogens is 4. The minimum absolute atomic E-state index is 0.0596. The number of carbonyl (C=O) groups excluding carboxylic acids is 2. The Morgan fingerprint density at radius 2 is 0.974 bits per heavy atom. The second-order valence-electron chi connectivity index (χ2n) is 7.72. The molecule has 0 aromatic heterocycles. The van der Waals surface area contributed by atoms with Crippen LogP contribution in [0.15, 0.2) is 67.5 Å². The summed E-state index contributed by atoms with van der Waals surface area (Å²) in [4.78, 5) is 22.7. The third-order valence-corrected chi connectivity index (χ3v) is 7.14. The van der Waals surface area contributed by atoms with Crippen molar-refractivity contribution in [3.8, 4) is 11.5 Å². The first-order valence-corrected chi connectivity index (χ1v) is 14.9. The zero-order valence-corrected chi connectivity index (χ0v) is 27.4. The summed E-state index contributed by atoms with van der Waals surface area (Å²) in [7, 11) is 0. The van der Waals surface area contributed by atoms with Crippen molar-refractivity contribution in [2.24, 2.45) is 0 Å². The maximum atomic E-state index is 11.4. The highest BCUT2D eigenvalue weighted by molar-refractivity contribution is 9.11. The van der Waals surface area contributed by atoms with E-state index in [9.17, 15) is 9.59 Å². The molecule has 0 radical (unpaired) electrons. The number of aryl methyl sites for hydroxylation is 2. The van der Waals surface area contributed by atoms with Gasteiger partial charge in [-0.15, -0.1) is 0 Å².